The molecule has 0 saturated heterocycles. The molecule has 2 aromatic carbocycles. The quantitative estimate of drug-likeness (QED) is 0.545. The van der Waals surface area contributed by atoms with E-state index in [9.17, 15) is 8.78 Å². The standard InChI is InChI=1S/C22H24F2/c1-14(2)16-5-7-17(8-6-16)18-9-11-19(12-10-18)20-13-4-15(3)21(23)22(20)24/h4,9-13,16-17H,1,5-8H2,2-3H3. The van der Waals surface area contributed by atoms with E-state index in [2.05, 4.69) is 25.6 Å². The van der Waals surface area contributed by atoms with E-state index in [1.807, 2.05) is 12.1 Å². The molecule has 0 unspecified atom stereocenters. The highest BCUT2D eigenvalue weighted by atomic mass is 19.2. The van der Waals surface area contributed by atoms with Crippen molar-refractivity contribution in [3.8, 4) is 11.1 Å². The third-order valence-corrected chi connectivity index (χ3v) is 5.39. The Hall–Kier alpha value is -1.96. The Bertz CT molecular complexity index is 735. The molecular weight excluding hydrogens is 302 g/mol. The van der Waals surface area contributed by atoms with E-state index in [0.29, 0.717) is 23.0 Å². The summed E-state index contributed by atoms with van der Waals surface area (Å²) in [6.45, 7) is 7.77. The Morgan fingerprint density at radius 2 is 1.54 bits per heavy atom. The first-order valence-corrected chi connectivity index (χ1v) is 8.67. The molecule has 1 saturated carbocycles. The van der Waals surface area contributed by atoms with Crippen molar-refractivity contribution in [1.82, 2.24) is 0 Å². The summed E-state index contributed by atoms with van der Waals surface area (Å²) >= 11 is 0. The molecule has 0 bridgehead atoms. The maximum Gasteiger partial charge on any atom is 0.166 e. The lowest BCUT2D eigenvalue weighted by molar-refractivity contribution is 0.363. The van der Waals surface area contributed by atoms with E-state index < -0.39 is 11.6 Å². The third kappa shape index (κ3) is 3.28. The number of aryl methyl sites for hydroxylation is 1. The highest BCUT2D eigenvalue weighted by molar-refractivity contribution is 5.65. The predicted molar refractivity (Wildman–Crippen MR) is 96.0 cm³/mol. The van der Waals surface area contributed by atoms with Crippen LogP contribution in [0.4, 0.5) is 8.78 Å². The largest absolute Gasteiger partial charge is 0.203 e. The zero-order valence-electron chi connectivity index (χ0n) is 14.4. The molecule has 0 aromatic heterocycles. The lowest BCUT2D eigenvalue weighted by atomic mass is 9.76. The van der Waals surface area contributed by atoms with Gasteiger partial charge in [-0.3, -0.25) is 0 Å². The van der Waals surface area contributed by atoms with Gasteiger partial charge in [-0.15, -0.1) is 0 Å². The van der Waals surface area contributed by atoms with Gasteiger partial charge >= 0.3 is 0 Å². The van der Waals surface area contributed by atoms with Gasteiger partial charge in [0.25, 0.3) is 0 Å². The molecule has 0 radical (unpaired) electrons. The van der Waals surface area contributed by atoms with E-state index in [0.717, 1.165) is 5.56 Å². The molecule has 0 N–H and O–H groups in total. The first-order valence-electron chi connectivity index (χ1n) is 8.67. The van der Waals surface area contributed by atoms with Crippen LogP contribution in [0.2, 0.25) is 0 Å². The zero-order valence-corrected chi connectivity index (χ0v) is 14.4. The van der Waals surface area contributed by atoms with E-state index in [4.69, 9.17) is 0 Å². The Morgan fingerprint density at radius 1 is 0.917 bits per heavy atom. The minimum atomic E-state index is -0.760. The highest BCUT2D eigenvalue weighted by Gasteiger charge is 2.22. The van der Waals surface area contributed by atoms with Crippen molar-refractivity contribution in [2.45, 2.75) is 45.4 Å². The SMILES string of the molecule is C=C(C)C1CCC(c2ccc(-c3ccc(C)c(F)c3F)cc2)CC1. The molecule has 0 spiro atoms. The van der Waals surface area contributed by atoms with E-state index in [-0.39, 0.29) is 0 Å². The number of hydrogen-bond acceptors (Lipinski definition) is 0. The van der Waals surface area contributed by atoms with E-state index >= 15 is 0 Å². The lowest BCUT2D eigenvalue weighted by Crippen LogP contribution is -2.13. The van der Waals surface area contributed by atoms with E-state index in [1.54, 1.807) is 19.1 Å². The maximum atomic E-state index is 14.1. The van der Waals surface area contributed by atoms with Crippen molar-refractivity contribution in [2.24, 2.45) is 5.92 Å². The summed E-state index contributed by atoms with van der Waals surface area (Å²) in [5.74, 6) is -0.293. The number of benzene rings is 2. The van der Waals surface area contributed by atoms with Crippen LogP contribution < -0.4 is 0 Å². The summed E-state index contributed by atoms with van der Waals surface area (Å²) in [5.41, 5.74) is 3.98. The van der Waals surface area contributed by atoms with Crippen molar-refractivity contribution in [3.63, 3.8) is 0 Å². The summed E-state index contributed by atoms with van der Waals surface area (Å²) in [6, 6.07) is 11.2. The molecule has 0 atom stereocenters. The van der Waals surface area contributed by atoms with Crippen LogP contribution in [0.15, 0.2) is 48.6 Å². The number of halogens is 2. The normalized spacial score (nSPS) is 20.8. The molecular formula is C22H24F2. The van der Waals surface area contributed by atoms with Crippen molar-refractivity contribution in [3.05, 3.63) is 71.3 Å². The first kappa shape index (κ1) is 16.9. The molecule has 24 heavy (non-hydrogen) atoms. The smallest absolute Gasteiger partial charge is 0.166 e. The second-order valence-corrected chi connectivity index (χ2v) is 7.07. The summed E-state index contributed by atoms with van der Waals surface area (Å²) in [6.07, 6.45) is 4.73. The van der Waals surface area contributed by atoms with E-state index in [1.165, 1.54) is 36.8 Å². The van der Waals surface area contributed by atoms with Gasteiger partial charge in [0.15, 0.2) is 11.6 Å². The fourth-order valence-electron chi connectivity index (χ4n) is 3.72. The van der Waals surface area contributed by atoms with Gasteiger partial charge in [-0.05, 0) is 68.1 Å². The minimum Gasteiger partial charge on any atom is -0.203 e. The molecule has 0 nitrogen and oxygen atoms in total. The minimum absolute atomic E-state index is 0.329. The number of hydrogen-bond donors (Lipinski definition) is 0. The van der Waals surface area contributed by atoms with Gasteiger partial charge in [0, 0.05) is 5.56 Å². The Morgan fingerprint density at radius 3 is 2.12 bits per heavy atom. The summed E-state index contributed by atoms with van der Waals surface area (Å²) in [5, 5.41) is 0. The van der Waals surface area contributed by atoms with Crippen LogP contribution in [0.1, 0.15) is 49.7 Å². The number of rotatable bonds is 3. The zero-order chi connectivity index (χ0) is 17.3. The van der Waals surface area contributed by atoms with Gasteiger partial charge in [-0.2, -0.15) is 0 Å². The molecule has 3 rings (SSSR count). The molecule has 0 heterocycles. The van der Waals surface area contributed by atoms with Gasteiger partial charge in [0.05, 0.1) is 0 Å². The van der Waals surface area contributed by atoms with Crippen LogP contribution >= 0.6 is 0 Å². The second-order valence-electron chi connectivity index (χ2n) is 7.07. The Labute approximate surface area is 143 Å². The molecule has 2 heteroatoms. The second kappa shape index (κ2) is 6.88. The predicted octanol–water partition coefficient (Wildman–Crippen LogP) is 6.79. The fraction of sp³-hybridized carbons (Fsp3) is 0.364. The Balaban J connectivity index is 1.77. The molecule has 0 amide bonds. The van der Waals surface area contributed by atoms with Crippen LogP contribution in [0, 0.1) is 24.5 Å². The lowest BCUT2D eigenvalue weighted by Gasteiger charge is -2.29. The monoisotopic (exact) mass is 326 g/mol. The topological polar surface area (TPSA) is 0 Å². The number of allylic oxidation sites excluding steroid dienone is 1. The van der Waals surface area contributed by atoms with Gasteiger partial charge in [0.2, 0.25) is 0 Å². The van der Waals surface area contributed by atoms with Gasteiger partial charge in [-0.25, -0.2) is 8.78 Å². The average molecular weight is 326 g/mol. The highest BCUT2D eigenvalue weighted by Crippen LogP contribution is 2.38. The van der Waals surface area contributed by atoms with Crippen LogP contribution in [0.5, 0.6) is 0 Å². The van der Waals surface area contributed by atoms with Gasteiger partial charge in [0.1, 0.15) is 0 Å². The summed E-state index contributed by atoms with van der Waals surface area (Å²) in [7, 11) is 0. The van der Waals surface area contributed by atoms with Crippen molar-refractivity contribution in [1.29, 1.82) is 0 Å². The van der Waals surface area contributed by atoms with Crippen LogP contribution in [-0.2, 0) is 0 Å². The average Bonchev–Trinajstić information content (AvgIpc) is 2.60. The molecule has 1 fully saturated rings. The Kier molecular flexibility index (Phi) is 4.84. The van der Waals surface area contributed by atoms with Crippen LogP contribution in [-0.4, -0.2) is 0 Å². The fourth-order valence-corrected chi connectivity index (χ4v) is 3.72. The molecule has 1 aliphatic rings. The summed E-state index contributed by atoms with van der Waals surface area (Å²) < 4.78 is 27.9. The molecule has 0 aliphatic heterocycles. The molecule has 1 aliphatic carbocycles. The van der Waals surface area contributed by atoms with Crippen LogP contribution in [0.25, 0.3) is 11.1 Å². The first-order chi connectivity index (χ1) is 11.5. The molecule has 2 aromatic rings. The molecule has 126 valence electrons. The van der Waals surface area contributed by atoms with Gasteiger partial charge < -0.3 is 0 Å². The van der Waals surface area contributed by atoms with Gasteiger partial charge in [-0.1, -0.05) is 48.6 Å². The third-order valence-electron chi connectivity index (χ3n) is 5.39. The van der Waals surface area contributed by atoms with Crippen molar-refractivity contribution < 1.29 is 8.78 Å². The van der Waals surface area contributed by atoms with Crippen molar-refractivity contribution in [2.75, 3.05) is 0 Å². The van der Waals surface area contributed by atoms with Crippen molar-refractivity contribution >= 4 is 0 Å². The van der Waals surface area contributed by atoms with Crippen LogP contribution in [0.3, 0.4) is 0 Å². The summed E-state index contributed by atoms with van der Waals surface area (Å²) in [4.78, 5) is 0. The maximum absolute atomic E-state index is 14.1.